The van der Waals surface area contributed by atoms with E-state index in [0.29, 0.717) is 6.54 Å². The van der Waals surface area contributed by atoms with Crippen molar-refractivity contribution in [2.75, 3.05) is 44.6 Å². The second kappa shape index (κ2) is 10.1. The van der Waals surface area contributed by atoms with Crippen LogP contribution in [0.2, 0.25) is 0 Å². The van der Waals surface area contributed by atoms with Crippen molar-refractivity contribution in [2.24, 2.45) is 0 Å². The lowest BCUT2D eigenvalue weighted by Crippen LogP contribution is -2.46. The van der Waals surface area contributed by atoms with Crippen LogP contribution < -0.4 is 10.6 Å². The Labute approximate surface area is 164 Å². The van der Waals surface area contributed by atoms with Crippen molar-refractivity contribution < 1.29 is 13.6 Å². The second-order valence-corrected chi connectivity index (χ2v) is 6.96. The summed E-state index contributed by atoms with van der Waals surface area (Å²) in [5, 5.41) is 5.10. The molecule has 0 radical (unpaired) electrons. The summed E-state index contributed by atoms with van der Waals surface area (Å²) in [5.41, 5.74) is 1.30. The Kier molecular flexibility index (Phi) is 7.33. The molecular formula is C21H26F2N4O. The topological polar surface area (TPSA) is 47.6 Å². The van der Waals surface area contributed by atoms with E-state index in [-0.39, 0.29) is 5.69 Å². The average Bonchev–Trinajstić information content (AvgIpc) is 2.69. The Morgan fingerprint density at radius 3 is 2.39 bits per heavy atom. The number of piperazine rings is 1. The number of halogens is 2. The van der Waals surface area contributed by atoms with Crippen LogP contribution in [0.4, 0.5) is 19.3 Å². The molecule has 1 aliphatic rings. The number of benzene rings is 2. The van der Waals surface area contributed by atoms with Crippen LogP contribution in [0.1, 0.15) is 12.0 Å². The summed E-state index contributed by atoms with van der Waals surface area (Å²) in [6, 6.07) is 13.0. The maximum atomic E-state index is 13.5. The maximum Gasteiger partial charge on any atom is 0.319 e. The Morgan fingerprint density at radius 1 is 0.964 bits per heavy atom. The van der Waals surface area contributed by atoms with Crippen LogP contribution in [0.3, 0.4) is 0 Å². The predicted octanol–water partition coefficient (Wildman–Crippen LogP) is 3.29. The molecule has 1 saturated heterocycles. The van der Waals surface area contributed by atoms with Gasteiger partial charge in [-0.15, -0.1) is 0 Å². The molecule has 0 aliphatic carbocycles. The highest BCUT2D eigenvalue weighted by Gasteiger charge is 2.16. The summed E-state index contributed by atoms with van der Waals surface area (Å²) < 4.78 is 26.4. The number of anilines is 1. The summed E-state index contributed by atoms with van der Waals surface area (Å²) in [5.74, 6) is -1.46. The van der Waals surface area contributed by atoms with Gasteiger partial charge in [0.1, 0.15) is 11.6 Å². The van der Waals surface area contributed by atoms with E-state index >= 15 is 0 Å². The van der Waals surface area contributed by atoms with Gasteiger partial charge in [0.05, 0.1) is 5.69 Å². The number of nitrogens with zero attached hydrogens (tertiary/aromatic N) is 2. The van der Waals surface area contributed by atoms with Crippen molar-refractivity contribution in [3.05, 3.63) is 65.7 Å². The number of amides is 2. The summed E-state index contributed by atoms with van der Waals surface area (Å²) in [4.78, 5) is 16.7. The molecule has 0 saturated carbocycles. The predicted molar refractivity (Wildman–Crippen MR) is 106 cm³/mol. The minimum atomic E-state index is -0.788. The van der Waals surface area contributed by atoms with E-state index in [1.54, 1.807) is 0 Å². The lowest BCUT2D eigenvalue weighted by atomic mass is 10.2. The van der Waals surface area contributed by atoms with E-state index in [4.69, 9.17) is 0 Å². The molecule has 3 rings (SSSR count). The Hall–Kier alpha value is -2.51. The Morgan fingerprint density at radius 2 is 1.68 bits per heavy atom. The standard InChI is InChI=1S/C21H26F2N4O/c22-18-7-8-20(19(23)15-18)25-21(28)24-9-4-10-26-11-13-27(14-12-26)16-17-5-2-1-3-6-17/h1-3,5-8,15H,4,9-14,16H2,(H2,24,25,28). The van der Waals surface area contributed by atoms with Gasteiger partial charge in [0.25, 0.3) is 0 Å². The molecule has 2 N–H and O–H groups in total. The molecule has 2 aromatic rings. The Balaban J connectivity index is 1.29. The van der Waals surface area contributed by atoms with Crippen molar-refractivity contribution in [3.8, 4) is 0 Å². The number of rotatable bonds is 7. The highest BCUT2D eigenvalue weighted by atomic mass is 19.1. The summed E-state index contributed by atoms with van der Waals surface area (Å²) in [7, 11) is 0. The number of urea groups is 1. The molecule has 150 valence electrons. The third kappa shape index (κ3) is 6.28. The fraction of sp³-hybridized carbons (Fsp3) is 0.381. The van der Waals surface area contributed by atoms with Crippen molar-refractivity contribution in [1.29, 1.82) is 0 Å². The van der Waals surface area contributed by atoms with Crippen molar-refractivity contribution in [2.45, 2.75) is 13.0 Å². The third-order valence-corrected chi connectivity index (χ3v) is 4.83. The fourth-order valence-corrected chi connectivity index (χ4v) is 3.27. The van der Waals surface area contributed by atoms with Crippen LogP contribution in [0.25, 0.3) is 0 Å². The average molecular weight is 388 g/mol. The largest absolute Gasteiger partial charge is 0.338 e. The van der Waals surface area contributed by atoms with E-state index in [1.807, 2.05) is 6.07 Å². The van der Waals surface area contributed by atoms with E-state index in [9.17, 15) is 13.6 Å². The molecule has 7 heteroatoms. The fourth-order valence-electron chi connectivity index (χ4n) is 3.27. The molecule has 1 fully saturated rings. The molecule has 0 atom stereocenters. The molecule has 2 aromatic carbocycles. The monoisotopic (exact) mass is 388 g/mol. The summed E-state index contributed by atoms with van der Waals surface area (Å²) >= 11 is 0. The highest BCUT2D eigenvalue weighted by molar-refractivity contribution is 5.89. The van der Waals surface area contributed by atoms with Gasteiger partial charge in [-0.2, -0.15) is 0 Å². The quantitative estimate of drug-likeness (QED) is 0.716. The normalized spacial score (nSPS) is 15.4. The van der Waals surface area contributed by atoms with Crippen LogP contribution in [-0.4, -0.2) is 55.1 Å². The van der Waals surface area contributed by atoms with Gasteiger partial charge >= 0.3 is 6.03 Å². The molecule has 0 unspecified atom stereocenters. The first-order valence-corrected chi connectivity index (χ1v) is 9.59. The highest BCUT2D eigenvalue weighted by Crippen LogP contribution is 2.14. The number of nitrogens with one attached hydrogen (secondary N) is 2. The van der Waals surface area contributed by atoms with Crippen molar-refractivity contribution in [3.63, 3.8) is 0 Å². The van der Waals surface area contributed by atoms with Gasteiger partial charge in [-0.05, 0) is 30.7 Å². The van der Waals surface area contributed by atoms with Gasteiger partial charge in [0, 0.05) is 45.3 Å². The second-order valence-electron chi connectivity index (χ2n) is 6.96. The molecule has 28 heavy (non-hydrogen) atoms. The smallest absolute Gasteiger partial charge is 0.319 e. The lowest BCUT2D eigenvalue weighted by molar-refractivity contribution is 0.126. The molecule has 1 heterocycles. The zero-order valence-electron chi connectivity index (χ0n) is 15.8. The zero-order chi connectivity index (χ0) is 19.8. The summed E-state index contributed by atoms with van der Waals surface area (Å²) in [6.07, 6.45) is 0.817. The Bertz CT molecular complexity index is 764. The van der Waals surface area contributed by atoms with Gasteiger partial charge in [0.2, 0.25) is 0 Å². The van der Waals surface area contributed by atoms with Crippen LogP contribution in [-0.2, 0) is 6.54 Å². The number of hydrogen-bond acceptors (Lipinski definition) is 3. The van der Waals surface area contributed by atoms with Gasteiger partial charge in [-0.1, -0.05) is 30.3 Å². The van der Waals surface area contributed by atoms with Gasteiger partial charge in [-0.3, -0.25) is 4.90 Å². The molecule has 0 aromatic heterocycles. The number of carbonyl (C=O) groups is 1. The van der Waals surface area contributed by atoms with Crippen LogP contribution in [0.15, 0.2) is 48.5 Å². The first kappa shape index (κ1) is 20.2. The minimum absolute atomic E-state index is 0.0339. The van der Waals surface area contributed by atoms with E-state index < -0.39 is 17.7 Å². The number of carbonyl (C=O) groups excluding carboxylic acids is 1. The van der Waals surface area contributed by atoms with Gasteiger partial charge < -0.3 is 15.5 Å². The van der Waals surface area contributed by atoms with Crippen LogP contribution in [0, 0.1) is 11.6 Å². The van der Waals surface area contributed by atoms with Crippen LogP contribution >= 0.6 is 0 Å². The van der Waals surface area contributed by atoms with Crippen molar-refractivity contribution >= 4 is 11.7 Å². The first-order valence-electron chi connectivity index (χ1n) is 9.59. The first-order chi connectivity index (χ1) is 13.6. The molecular weight excluding hydrogens is 362 g/mol. The minimum Gasteiger partial charge on any atom is -0.338 e. The van der Waals surface area contributed by atoms with Gasteiger partial charge in [-0.25, -0.2) is 13.6 Å². The molecule has 0 spiro atoms. The van der Waals surface area contributed by atoms with E-state index in [2.05, 4.69) is 44.7 Å². The SMILES string of the molecule is O=C(NCCCN1CCN(Cc2ccccc2)CC1)Nc1ccc(F)cc1F. The molecule has 1 aliphatic heterocycles. The third-order valence-electron chi connectivity index (χ3n) is 4.83. The van der Waals surface area contributed by atoms with Crippen molar-refractivity contribution in [1.82, 2.24) is 15.1 Å². The maximum absolute atomic E-state index is 13.5. The van der Waals surface area contributed by atoms with Gasteiger partial charge in [0.15, 0.2) is 0 Å². The van der Waals surface area contributed by atoms with E-state index in [0.717, 1.165) is 57.8 Å². The molecule has 5 nitrogen and oxygen atoms in total. The van der Waals surface area contributed by atoms with E-state index in [1.165, 1.54) is 11.6 Å². The summed E-state index contributed by atoms with van der Waals surface area (Å²) in [6.45, 7) is 6.48. The lowest BCUT2D eigenvalue weighted by Gasteiger charge is -2.34. The molecule has 0 bridgehead atoms. The van der Waals surface area contributed by atoms with Crippen LogP contribution in [0.5, 0.6) is 0 Å². The molecule has 2 amide bonds. The zero-order valence-corrected chi connectivity index (χ0v) is 15.8. The number of hydrogen-bond donors (Lipinski definition) is 2.